The molecule has 0 aliphatic carbocycles. The Labute approximate surface area is 117 Å². The van der Waals surface area contributed by atoms with Crippen molar-refractivity contribution in [2.75, 3.05) is 6.54 Å². The van der Waals surface area contributed by atoms with Gasteiger partial charge in [0.2, 0.25) is 11.8 Å². The van der Waals surface area contributed by atoms with Gasteiger partial charge in [-0.05, 0) is 19.8 Å². The van der Waals surface area contributed by atoms with Crippen LogP contribution in [0.15, 0.2) is 5.38 Å². The molecule has 5 nitrogen and oxygen atoms in total. The molecular weight excluding hydrogens is 262 g/mol. The molecule has 0 unspecified atom stereocenters. The summed E-state index contributed by atoms with van der Waals surface area (Å²) in [5.41, 5.74) is 0.129. The second-order valence-corrected chi connectivity index (χ2v) is 5.82. The number of rotatable bonds is 4. The van der Waals surface area contributed by atoms with E-state index in [0.717, 1.165) is 10.7 Å². The molecule has 0 bridgehead atoms. The molecule has 0 saturated carbocycles. The van der Waals surface area contributed by atoms with Gasteiger partial charge in [0.05, 0.1) is 23.8 Å². The van der Waals surface area contributed by atoms with E-state index in [1.165, 1.54) is 0 Å². The van der Waals surface area contributed by atoms with Crippen LogP contribution in [0, 0.1) is 6.92 Å². The minimum Gasteiger partial charge on any atom is -0.345 e. The Hall–Kier alpha value is -1.43. The van der Waals surface area contributed by atoms with Gasteiger partial charge in [-0.3, -0.25) is 9.59 Å². The van der Waals surface area contributed by atoms with E-state index in [0.29, 0.717) is 19.4 Å². The molecule has 1 N–H and O–H groups in total. The first-order valence-corrected chi connectivity index (χ1v) is 7.41. The quantitative estimate of drug-likeness (QED) is 0.909. The zero-order valence-corrected chi connectivity index (χ0v) is 12.3. The molecule has 19 heavy (non-hydrogen) atoms. The number of nitrogens with zero attached hydrogens (tertiary/aromatic N) is 2. The van der Waals surface area contributed by atoms with Crippen molar-refractivity contribution in [3.8, 4) is 0 Å². The number of carbonyl (C=O) groups is 2. The maximum absolute atomic E-state index is 12.2. The maximum atomic E-state index is 12.2. The number of thiazole rings is 1. The second-order valence-electron chi connectivity index (χ2n) is 4.76. The van der Waals surface area contributed by atoms with Crippen LogP contribution in [0.5, 0.6) is 0 Å². The minimum absolute atomic E-state index is 0.0334. The SMILES string of the molecule is CCC1(CC)C(=O)NCC(=O)N1Cc1csc(C)n1. The monoisotopic (exact) mass is 281 g/mol. The summed E-state index contributed by atoms with van der Waals surface area (Å²) in [6, 6.07) is 0. The lowest BCUT2D eigenvalue weighted by Gasteiger charge is -2.44. The molecule has 1 aliphatic heterocycles. The highest BCUT2D eigenvalue weighted by Gasteiger charge is 2.46. The summed E-state index contributed by atoms with van der Waals surface area (Å²) >= 11 is 1.56. The van der Waals surface area contributed by atoms with Crippen molar-refractivity contribution in [3.05, 3.63) is 16.1 Å². The molecule has 0 aromatic carbocycles. The first-order valence-electron chi connectivity index (χ1n) is 6.53. The largest absolute Gasteiger partial charge is 0.345 e. The zero-order chi connectivity index (χ0) is 14.0. The molecule has 2 heterocycles. The van der Waals surface area contributed by atoms with Gasteiger partial charge in [-0.25, -0.2) is 4.98 Å². The molecule has 104 valence electrons. The Morgan fingerprint density at radius 1 is 1.42 bits per heavy atom. The first kappa shape index (κ1) is 14.0. The van der Waals surface area contributed by atoms with E-state index in [9.17, 15) is 9.59 Å². The van der Waals surface area contributed by atoms with Crippen molar-refractivity contribution in [2.45, 2.75) is 45.7 Å². The highest BCUT2D eigenvalue weighted by atomic mass is 32.1. The molecule has 6 heteroatoms. The highest BCUT2D eigenvalue weighted by molar-refractivity contribution is 7.09. The smallest absolute Gasteiger partial charge is 0.246 e. The fraction of sp³-hybridized carbons (Fsp3) is 0.615. The third-order valence-electron chi connectivity index (χ3n) is 3.80. The van der Waals surface area contributed by atoms with Crippen molar-refractivity contribution >= 4 is 23.2 Å². The third kappa shape index (κ3) is 2.36. The van der Waals surface area contributed by atoms with E-state index >= 15 is 0 Å². The van der Waals surface area contributed by atoms with Gasteiger partial charge < -0.3 is 10.2 Å². The number of hydrogen-bond acceptors (Lipinski definition) is 4. The molecule has 2 amide bonds. The molecule has 1 aromatic rings. The summed E-state index contributed by atoms with van der Waals surface area (Å²) in [5.74, 6) is -0.0852. The molecule has 2 rings (SSSR count). The first-order chi connectivity index (χ1) is 9.03. The van der Waals surface area contributed by atoms with E-state index in [2.05, 4.69) is 10.3 Å². The zero-order valence-electron chi connectivity index (χ0n) is 11.5. The Kier molecular flexibility index (Phi) is 3.89. The molecule has 0 atom stereocenters. The molecular formula is C13H19N3O2S. The van der Waals surface area contributed by atoms with Gasteiger partial charge in [0.1, 0.15) is 5.54 Å². The molecule has 1 aromatic heterocycles. The summed E-state index contributed by atoms with van der Waals surface area (Å²) in [5, 5.41) is 5.62. The lowest BCUT2D eigenvalue weighted by molar-refractivity contribution is -0.155. The van der Waals surface area contributed by atoms with E-state index in [1.807, 2.05) is 26.2 Å². The summed E-state index contributed by atoms with van der Waals surface area (Å²) < 4.78 is 0. The lowest BCUT2D eigenvalue weighted by Crippen LogP contribution is -2.66. The van der Waals surface area contributed by atoms with E-state index in [4.69, 9.17) is 0 Å². The average molecular weight is 281 g/mol. The standard InChI is InChI=1S/C13H19N3O2S/c1-4-13(5-2)12(18)14-6-11(17)16(13)7-10-8-19-9(3)15-10/h8H,4-7H2,1-3H3,(H,14,18). The van der Waals surface area contributed by atoms with Gasteiger partial charge in [-0.2, -0.15) is 0 Å². The summed E-state index contributed by atoms with van der Waals surface area (Å²) in [4.78, 5) is 30.5. The van der Waals surface area contributed by atoms with Crippen LogP contribution >= 0.6 is 11.3 Å². The van der Waals surface area contributed by atoms with Crippen molar-refractivity contribution in [1.82, 2.24) is 15.2 Å². The molecule has 0 spiro atoms. The van der Waals surface area contributed by atoms with Crippen molar-refractivity contribution < 1.29 is 9.59 Å². The summed E-state index contributed by atoms with van der Waals surface area (Å²) in [6.45, 7) is 6.33. The third-order valence-corrected chi connectivity index (χ3v) is 4.62. The Bertz CT molecular complexity index is 494. The van der Waals surface area contributed by atoms with Crippen molar-refractivity contribution in [2.24, 2.45) is 0 Å². The number of carbonyl (C=O) groups excluding carboxylic acids is 2. The van der Waals surface area contributed by atoms with Crippen LogP contribution in [0.2, 0.25) is 0 Å². The topological polar surface area (TPSA) is 62.3 Å². The van der Waals surface area contributed by atoms with E-state index in [1.54, 1.807) is 16.2 Å². The minimum atomic E-state index is -0.729. The Morgan fingerprint density at radius 3 is 2.63 bits per heavy atom. The van der Waals surface area contributed by atoms with Crippen molar-refractivity contribution in [1.29, 1.82) is 0 Å². The van der Waals surface area contributed by atoms with Crippen LogP contribution in [0.4, 0.5) is 0 Å². The maximum Gasteiger partial charge on any atom is 0.246 e. The average Bonchev–Trinajstić information content (AvgIpc) is 2.81. The molecule has 0 radical (unpaired) electrons. The number of piperazine rings is 1. The number of amides is 2. The Balaban J connectivity index is 2.31. The van der Waals surface area contributed by atoms with Gasteiger partial charge in [0.15, 0.2) is 0 Å². The molecule has 1 fully saturated rings. The van der Waals surface area contributed by atoms with E-state index < -0.39 is 5.54 Å². The summed E-state index contributed by atoms with van der Waals surface area (Å²) in [7, 11) is 0. The van der Waals surface area contributed by atoms with Crippen LogP contribution in [0.1, 0.15) is 37.4 Å². The number of aromatic nitrogens is 1. The Morgan fingerprint density at radius 2 is 2.11 bits per heavy atom. The van der Waals surface area contributed by atoms with Crippen LogP contribution in [0.3, 0.4) is 0 Å². The van der Waals surface area contributed by atoms with Crippen LogP contribution in [-0.2, 0) is 16.1 Å². The van der Waals surface area contributed by atoms with Crippen LogP contribution < -0.4 is 5.32 Å². The van der Waals surface area contributed by atoms with Gasteiger partial charge in [0.25, 0.3) is 0 Å². The lowest BCUT2D eigenvalue weighted by atomic mass is 9.87. The summed E-state index contributed by atoms with van der Waals surface area (Å²) in [6.07, 6.45) is 1.23. The van der Waals surface area contributed by atoms with Crippen LogP contribution in [-0.4, -0.2) is 33.8 Å². The van der Waals surface area contributed by atoms with Gasteiger partial charge in [-0.1, -0.05) is 13.8 Å². The molecule has 1 saturated heterocycles. The van der Waals surface area contributed by atoms with Gasteiger partial charge in [-0.15, -0.1) is 11.3 Å². The number of aryl methyl sites for hydroxylation is 1. The predicted octanol–water partition coefficient (Wildman–Crippen LogP) is 1.47. The normalized spacial score (nSPS) is 18.6. The van der Waals surface area contributed by atoms with E-state index in [-0.39, 0.29) is 18.4 Å². The van der Waals surface area contributed by atoms with Gasteiger partial charge in [0, 0.05) is 5.38 Å². The van der Waals surface area contributed by atoms with Gasteiger partial charge >= 0.3 is 0 Å². The fourth-order valence-corrected chi connectivity index (χ4v) is 3.22. The second kappa shape index (κ2) is 5.28. The fourth-order valence-electron chi connectivity index (χ4n) is 2.61. The highest BCUT2D eigenvalue weighted by Crippen LogP contribution is 2.29. The number of hydrogen-bond donors (Lipinski definition) is 1. The molecule has 1 aliphatic rings. The predicted molar refractivity (Wildman–Crippen MR) is 73.7 cm³/mol. The van der Waals surface area contributed by atoms with Crippen LogP contribution in [0.25, 0.3) is 0 Å². The number of nitrogens with one attached hydrogen (secondary N) is 1. The van der Waals surface area contributed by atoms with Crippen molar-refractivity contribution in [3.63, 3.8) is 0 Å².